The smallest absolute Gasteiger partial charge is 0.343 e. The van der Waals surface area contributed by atoms with Crippen LogP contribution in [0.4, 0.5) is 5.69 Å². The Morgan fingerprint density at radius 2 is 2.05 bits per heavy atom. The number of hydrogen-bond donors (Lipinski definition) is 1. The fourth-order valence-corrected chi connectivity index (χ4v) is 1.71. The number of hydrogen-bond acceptors (Lipinski definition) is 5. The molecule has 0 amide bonds. The summed E-state index contributed by atoms with van der Waals surface area (Å²) in [4.78, 5) is 11.0. The Balaban J connectivity index is 1.89. The van der Waals surface area contributed by atoms with Crippen LogP contribution in [0, 0.1) is 0 Å². The quantitative estimate of drug-likeness (QED) is 0.821. The Hall–Kier alpha value is -2.43. The Morgan fingerprint density at radius 3 is 2.65 bits per heavy atom. The standard InChI is InChI=1S/C15H17NO4/c1-11(14-4-3-9-19-14)16-12-5-7-13(8-6-12)20-10-15(17)18-2/h3-9,11,16H,10H2,1-2H3. The van der Waals surface area contributed by atoms with Crippen LogP contribution in [0.15, 0.2) is 47.1 Å². The number of anilines is 1. The Bertz CT molecular complexity index is 534. The molecule has 1 aromatic heterocycles. The maximum atomic E-state index is 11.0. The zero-order valence-electron chi connectivity index (χ0n) is 11.5. The van der Waals surface area contributed by atoms with Gasteiger partial charge in [-0.2, -0.15) is 0 Å². The van der Waals surface area contributed by atoms with Gasteiger partial charge in [0.05, 0.1) is 19.4 Å². The number of carbonyl (C=O) groups is 1. The maximum absolute atomic E-state index is 11.0. The number of carbonyl (C=O) groups excluding carboxylic acids is 1. The first-order chi connectivity index (χ1) is 9.69. The van der Waals surface area contributed by atoms with Crippen LogP contribution < -0.4 is 10.1 Å². The zero-order chi connectivity index (χ0) is 14.4. The lowest BCUT2D eigenvalue weighted by molar-refractivity contribution is -0.142. The lowest BCUT2D eigenvalue weighted by Crippen LogP contribution is -2.12. The second kappa shape index (κ2) is 6.65. The molecule has 0 saturated carbocycles. The van der Waals surface area contributed by atoms with E-state index in [-0.39, 0.29) is 12.6 Å². The van der Waals surface area contributed by atoms with Crippen molar-refractivity contribution < 1.29 is 18.7 Å². The highest BCUT2D eigenvalue weighted by Gasteiger charge is 2.08. The molecule has 1 heterocycles. The monoisotopic (exact) mass is 275 g/mol. The molecule has 1 N–H and O–H groups in total. The van der Waals surface area contributed by atoms with Gasteiger partial charge in [0.25, 0.3) is 0 Å². The first-order valence-corrected chi connectivity index (χ1v) is 6.28. The molecular weight excluding hydrogens is 258 g/mol. The van der Waals surface area contributed by atoms with Crippen molar-refractivity contribution in [2.45, 2.75) is 13.0 Å². The van der Waals surface area contributed by atoms with Gasteiger partial charge < -0.3 is 19.2 Å². The van der Waals surface area contributed by atoms with Crippen molar-refractivity contribution in [3.63, 3.8) is 0 Å². The van der Waals surface area contributed by atoms with Crippen molar-refractivity contribution in [2.75, 3.05) is 19.0 Å². The zero-order valence-corrected chi connectivity index (χ0v) is 11.5. The first kappa shape index (κ1) is 14.0. The fourth-order valence-electron chi connectivity index (χ4n) is 1.71. The van der Waals surface area contributed by atoms with Gasteiger partial charge in [0.2, 0.25) is 0 Å². The van der Waals surface area contributed by atoms with E-state index in [2.05, 4.69) is 10.1 Å². The summed E-state index contributed by atoms with van der Waals surface area (Å²) in [6, 6.07) is 11.2. The molecule has 0 saturated heterocycles. The number of benzene rings is 1. The number of ether oxygens (including phenoxy) is 2. The average Bonchev–Trinajstić information content (AvgIpc) is 3.00. The van der Waals surface area contributed by atoms with E-state index in [9.17, 15) is 4.79 Å². The molecule has 5 nitrogen and oxygen atoms in total. The van der Waals surface area contributed by atoms with Gasteiger partial charge in [-0.1, -0.05) is 0 Å². The normalized spacial score (nSPS) is 11.7. The minimum absolute atomic E-state index is 0.0758. The minimum atomic E-state index is -0.404. The molecule has 0 bridgehead atoms. The molecule has 0 aliphatic heterocycles. The van der Waals surface area contributed by atoms with Crippen molar-refractivity contribution >= 4 is 11.7 Å². The molecule has 0 radical (unpaired) electrons. The molecule has 0 aliphatic rings. The van der Waals surface area contributed by atoms with Gasteiger partial charge in [-0.05, 0) is 43.3 Å². The predicted octanol–water partition coefficient (Wildman–Crippen LogP) is 3.00. The third-order valence-corrected chi connectivity index (χ3v) is 2.79. The van der Waals surface area contributed by atoms with E-state index in [1.807, 2.05) is 31.2 Å². The molecule has 1 atom stereocenters. The predicted molar refractivity (Wildman–Crippen MR) is 74.7 cm³/mol. The molecule has 0 spiro atoms. The largest absolute Gasteiger partial charge is 0.482 e. The number of nitrogens with one attached hydrogen (secondary N) is 1. The molecule has 2 rings (SSSR count). The first-order valence-electron chi connectivity index (χ1n) is 6.28. The minimum Gasteiger partial charge on any atom is -0.482 e. The van der Waals surface area contributed by atoms with Gasteiger partial charge in [-0.15, -0.1) is 0 Å². The molecule has 2 aromatic rings. The van der Waals surface area contributed by atoms with Crippen LogP contribution in [0.1, 0.15) is 18.7 Å². The summed E-state index contributed by atoms with van der Waals surface area (Å²) >= 11 is 0. The van der Waals surface area contributed by atoms with Gasteiger partial charge in [-0.25, -0.2) is 4.79 Å². The van der Waals surface area contributed by atoms with Crippen LogP contribution >= 0.6 is 0 Å². The van der Waals surface area contributed by atoms with Gasteiger partial charge in [0.1, 0.15) is 11.5 Å². The van der Waals surface area contributed by atoms with Crippen molar-refractivity contribution in [2.24, 2.45) is 0 Å². The van der Waals surface area contributed by atoms with E-state index >= 15 is 0 Å². The molecule has 20 heavy (non-hydrogen) atoms. The number of esters is 1. The van der Waals surface area contributed by atoms with Gasteiger partial charge >= 0.3 is 5.97 Å². The molecule has 1 unspecified atom stereocenters. The van der Waals surface area contributed by atoms with Crippen molar-refractivity contribution in [3.8, 4) is 5.75 Å². The van der Waals surface area contributed by atoms with Crippen molar-refractivity contribution in [1.29, 1.82) is 0 Å². The average molecular weight is 275 g/mol. The molecular formula is C15H17NO4. The molecule has 0 aliphatic carbocycles. The molecule has 0 fully saturated rings. The number of methoxy groups -OCH3 is 1. The van der Waals surface area contributed by atoms with E-state index < -0.39 is 5.97 Å². The SMILES string of the molecule is COC(=O)COc1ccc(NC(C)c2ccco2)cc1. The van der Waals surface area contributed by atoms with Crippen LogP contribution in [0.2, 0.25) is 0 Å². The topological polar surface area (TPSA) is 60.7 Å². The van der Waals surface area contributed by atoms with Gasteiger partial charge in [0, 0.05) is 5.69 Å². The highest BCUT2D eigenvalue weighted by molar-refractivity contribution is 5.70. The summed E-state index contributed by atoms with van der Waals surface area (Å²) < 4.78 is 15.1. The van der Waals surface area contributed by atoms with Gasteiger partial charge in [0.15, 0.2) is 6.61 Å². The van der Waals surface area contributed by atoms with E-state index in [1.54, 1.807) is 18.4 Å². The van der Waals surface area contributed by atoms with Crippen LogP contribution in [0.5, 0.6) is 5.75 Å². The van der Waals surface area contributed by atoms with Crippen molar-refractivity contribution in [1.82, 2.24) is 0 Å². The summed E-state index contributed by atoms with van der Waals surface area (Å²) in [6.07, 6.45) is 1.65. The highest BCUT2D eigenvalue weighted by atomic mass is 16.6. The fraction of sp³-hybridized carbons (Fsp3) is 0.267. The molecule has 1 aromatic carbocycles. The lowest BCUT2D eigenvalue weighted by atomic mass is 10.2. The third kappa shape index (κ3) is 3.78. The van der Waals surface area contributed by atoms with E-state index in [0.29, 0.717) is 5.75 Å². The third-order valence-electron chi connectivity index (χ3n) is 2.79. The summed E-state index contributed by atoms with van der Waals surface area (Å²) in [7, 11) is 1.33. The van der Waals surface area contributed by atoms with Crippen molar-refractivity contribution in [3.05, 3.63) is 48.4 Å². The van der Waals surface area contributed by atoms with Gasteiger partial charge in [-0.3, -0.25) is 0 Å². The Kier molecular flexibility index (Phi) is 4.65. The Labute approximate surface area is 117 Å². The summed E-state index contributed by atoms with van der Waals surface area (Å²) in [5, 5.41) is 3.31. The second-order valence-electron chi connectivity index (χ2n) is 4.27. The van der Waals surface area contributed by atoms with Crippen LogP contribution in [0.25, 0.3) is 0 Å². The Morgan fingerprint density at radius 1 is 1.30 bits per heavy atom. The summed E-state index contributed by atoms with van der Waals surface area (Å²) in [6.45, 7) is 1.92. The lowest BCUT2D eigenvalue weighted by Gasteiger charge is -2.13. The summed E-state index contributed by atoms with van der Waals surface area (Å²) in [5.41, 5.74) is 0.944. The van der Waals surface area contributed by atoms with E-state index in [1.165, 1.54) is 7.11 Å². The second-order valence-corrected chi connectivity index (χ2v) is 4.27. The molecule has 5 heteroatoms. The van der Waals surface area contributed by atoms with Crippen LogP contribution in [-0.4, -0.2) is 19.7 Å². The van der Waals surface area contributed by atoms with E-state index in [0.717, 1.165) is 11.4 Å². The summed E-state index contributed by atoms with van der Waals surface area (Å²) in [5.74, 6) is 1.08. The number of rotatable bonds is 6. The van der Waals surface area contributed by atoms with E-state index in [4.69, 9.17) is 9.15 Å². The van der Waals surface area contributed by atoms with Crippen LogP contribution in [0.3, 0.4) is 0 Å². The highest BCUT2D eigenvalue weighted by Crippen LogP contribution is 2.21. The molecule has 106 valence electrons. The van der Waals surface area contributed by atoms with Crippen LogP contribution in [-0.2, 0) is 9.53 Å². The number of furan rings is 1. The maximum Gasteiger partial charge on any atom is 0.343 e.